The molecule has 92 valence electrons. The number of hydrogen-bond acceptors (Lipinski definition) is 0. The zero-order valence-electron chi connectivity index (χ0n) is 6.84. The summed E-state index contributed by atoms with van der Waals surface area (Å²) in [6.07, 6.45) is -4.16. The summed E-state index contributed by atoms with van der Waals surface area (Å²) in [6, 6.07) is 0. The average molecular weight is 347 g/mol. The van der Waals surface area contributed by atoms with Crippen LogP contribution in [0.1, 0.15) is 6.42 Å². The summed E-state index contributed by atoms with van der Waals surface area (Å²) in [4.78, 5) is -0.609. The molecule has 0 aromatic rings. The monoisotopic (exact) mass is 344 g/mol. The fourth-order valence-corrected chi connectivity index (χ4v) is 1.79. The van der Waals surface area contributed by atoms with Crippen molar-refractivity contribution in [1.82, 2.24) is 0 Å². The van der Waals surface area contributed by atoms with Gasteiger partial charge in [-0.3, -0.25) is 0 Å². The van der Waals surface area contributed by atoms with E-state index in [1.54, 1.807) is 0 Å². The molecule has 0 aliphatic rings. The third-order valence-corrected chi connectivity index (χ3v) is 1.54. The van der Waals surface area contributed by atoms with Crippen LogP contribution >= 0.6 is 69.6 Å². The molecule has 0 aliphatic heterocycles. The van der Waals surface area contributed by atoms with Crippen LogP contribution in [0.15, 0.2) is 11.6 Å². The van der Waals surface area contributed by atoms with Crippen molar-refractivity contribution in [2.24, 2.45) is 0 Å². The maximum absolute atomic E-state index is 10.9. The van der Waals surface area contributed by atoms with Gasteiger partial charge in [-0.2, -0.15) is 13.2 Å². The van der Waals surface area contributed by atoms with E-state index in [1.807, 2.05) is 0 Å². The molecule has 9 heteroatoms. The van der Waals surface area contributed by atoms with Crippen LogP contribution in [-0.2, 0) is 0 Å². The van der Waals surface area contributed by atoms with Gasteiger partial charge in [0.1, 0.15) is 4.84 Å². The first kappa shape index (κ1) is 18.6. The average Bonchev–Trinajstić information content (AvgIpc) is 1.77. The summed E-state index contributed by atoms with van der Waals surface area (Å²) < 4.78 is 31.3. The van der Waals surface area contributed by atoms with Crippen molar-refractivity contribution in [3.05, 3.63) is 11.6 Å². The van der Waals surface area contributed by atoms with Gasteiger partial charge in [0.25, 0.3) is 0 Å². The lowest BCUT2D eigenvalue weighted by atomic mass is 10.5. The van der Waals surface area contributed by atoms with Gasteiger partial charge in [0, 0.05) is 18.0 Å². The van der Waals surface area contributed by atoms with Crippen molar-refractivity contribution in [2.75, 3.05) is 0 Å². The Morgan fingerprint density at radius 3 is 1.47 bits per heavy atom. The Balaban J connectivity index is 0. The van der Waals surface area contributed by atoms with Crippen LogP contribution in [0.3, 0.4) is 0 Å². The maximum Gasteiger partial charge on any atom is 0.410 e. The van der Waals surface area contributed by atoms with E-state index in [1.165, 1.54) is 0 Å². The molecule has 0 amide bonds. The topological polar surface area (TPSA) is 0 Å². The van der Waals surface area contributed by atoms with E-state index in [9.17, 15) is 13.2 Å². The molecule has 0 saturated carbocycles. The van der Waals surface area contributed by atoms with Gasteiger partial charge < -0.3 is 0 Å². The number of rotatable bonds is 1. The second-order valence-electron chi connectivity index (χ2n) is 2.04. The summed E-state index contributed by atoms with van der Waals surface area (Å²) >= 11 is 31.0. The lowest BCUT2D eigenvalue weighted by Crippen LogP contribution is -2.06. The second kappa shape index (κ2) is 8.37. The molecule has 0 aromatic carbocycles. The van der Waals surface area contributed by atoms with Gasteiger partial charge in [-0.1, -0.05) is 46.4 Å². The Kier molecular flexibility index (Phi) is 10.4. The highest BCUT2D eigenvalue weighted by molar-refractivity contribution is 6.68. The fraction of sp³-hybridized carbons (Fsp3) is 0.667. The van der Waals surface area contributed by atoms with E-state index in [2.05, 4.69) is 11.6 Å². The van der Waals surface area contributed by atoms with Gasteiger partial charge in [0.05, 0.1) is 0 Å². The van der Waals surface area contributed by atoms with Crippen molar-refractivity contribution in [3.8, 4) is 0 Å². The lowest BCUT2D eigenvalue weighted by molar-refractivity contribution is -0.0796. The lowest BCUT2D eigenvalue weighted by Gasteiger charge is -2.09. The third kappa shape index (κ3) is 25.5. The summed E-state index contributed by atoms with van der Waals surface area (Å²) in [5.74, 6) is 0. The quantitative estimate of drug-likeness (QED) is 0.522. The van der Waals surface area contributed by atoms with E-state index in [4.69, 9.17) is 58.0 Å². The van der Waals surface area contributed by atoms with Crippen LogP contribution < -0.4 is 0 Å². The van der Waals surface area contributed by atoms with Crippen molar-refractivity contribution < 1.29 is 13.2 Å². The first-order valence-electron chi connectivity index (χ1n) is 3.17. The predicted molar refractivity (Wildman–Crippen MR) is 61.4 cm³/mol. The predicted octanol–water partition coefficient (Wildman–Crippen LogP) is 5.85. The molecule has 0 aromatic heterocycles. The maximum atomic E-state index is 10.9. The molecular weight excluding hydrogens is 342 g/mol. The van der Waals surface area contributed by atoms with Gasteiger partial charge in [-0.25, -0.2) is 0 Å². The summed E-state index contributed by atoms with van der Waals surface area (Å²) in [5, 5.41) is 0. The van der Waals surface area contributed by atoms with E-state index in [-0.39, 0.29) is 12.5 Å². The molecule has 0 radical (unpaired) electrons. The van der Waals surface area contributed by atoms with Crippen LogP contribution in [0.5, 0.6) is 0 Å². The van der Waals surface area contributed by atoms with Crippen molar-refractivity contribution in [3.63, 3.8) is 0 Å². The first-order valence-corrected chi connectivity index (χ1v) is 5.62. The van der Waals surface area contributed by atoms with Gasteiger partial charge >= 0.3 is 6.18 Å². The highest BCUT2D eigenvalue weighted by atomic mass is 35.6. The Morgan fingerprint density at radius 1 is 1.07 bits per heavy atom. The van der Waals surface area contributed by atoms with Crippen LogP contribution in [0.4, 0.5) is 13.2 Å². The first-order chi connectivity index (χ1) is 6.48. The van der Waals surface area contributed by atoms with E-state index in [0.29, 0.717) is 5.54 Å². The summed E-state index contributed by atoms with van der Waals surface area (Å²) in [5.41, 5.74) is 0.431. The van der Waals surface area contributed by atoms with Crippen LogP contribution in [0.25, 0.3) is 0 Å². The molecule has 0 unspecified atom stereocenters. The Hall–Kier alpha value is 1.27. The number of halogens is 9. The molecule has 0 heterocycles. The zero-order chi connectivity index (χ0) is 12.7. The molecule has 0 nitrogen and oxygen atoms in total. The van der Waals surface area contributed by atoms with Crippen LogP contribution in [-0.4, -0.2) is 14.8 Å². The van der Waals surface area contributed by atoms with Crippen LogP contribution in [0, 0.1) is 0 Å². The third-order valence-electron chi connectivity index (χ3n) is 0.638. The van der Waals surface area contributed by atoms with Gasteiger partial charge in [0.15, 0.2) is 3.79 Å². The zero-order valence-corrected chi connectivity index (χ0v) is 11.4. The minimum Gasteiger partial charge on any atom is -0.167 e. The molecule has 15 heavy (non-hydrogen) atoms. The molecule has 0 spiro atoms. The highest BCUT2D eigenvalue weighted by Gasteiger charge is 2.22. The molecular formula is C6H5Cl6F3. The van der Waals surface area contributed by atoms with Crippen LogP contribution in [0.2, 0.25) is 0 Å². The molecule has 0 bridgehead atoms. The Bertz CT molecular complexity index is 182. The highest BCUT2D eigenvalue weighted by Crippen LogP contribution is 2.33. The normalized spacial score (nSPS) is 12.9. The largest absolute Gasteiger partial charge is 0.410 e. The van der Waals surface area contributed by atoms with Gasteiger partial charge in [-0.05, 0) is 0 Å². The molecule has 0 atom stereocenters. The number of alkyl halides is 8. The second-order valence-corrected chi connectivity index (χ2v) is 6.09. The van der Waals surface area contributed by atoms with Gasteiger partial charge in [0.2, 0.25) is 0 Å². The summed E-state index contributed by atoms with van der Waals surface area (Å²) in [6.45, 7) is 0. The summed E-state index contributed by atoms with van der Waals surface area (Å²) in [7, 11) is 0. The molecule has 0 fully saturated rings. The van der Waals surface area contributed by atoms with E-state index in [0.717, 1.165) is 0 Å². The van der Waals surface area contributed by atoms with Crippen molar-refractivity contribution >= 4 is 69.6 Å². The standard InChI is InChI=1S/C3H3Cl5.C3H2ClF3/c4-2(5)1-3(6,7)8;4-2-1-3(5,6)7/h2H,1H2;1-2H/b;2-1+. The molecule has 0 saturated heterocycles. The molecule has 0 aliphatic carbocycles. The molecule has 0 rings (SSSR count). The van der Waals surface area contributed by atoms with E-state index >= 15 is 0 Å². The Morgan fingerprint density at radius 2 is 1.47 bits per heavy atom. The van der Waals surface area contributed by atoms with Crippen molar-refractivity contribution in [1.29, 1.82) is 0 Å². The fourth-order valence-electron chi connectivity index (χ4n) is 0.246. The minimum atomic E-state index is -4.26. The minimum absolute atomic E-state index is 0.0471. The number of hydrogen-bond donors (Lipinski definition) is 0. The van der Waals surface area contributed by atoms with E-state index < -0.39 is 14.8 Å². The Labute approximate surface area is 115 Å². The van der Waals surface area contributed by atoms with Crippen molar-refractivity contribution in [2.45, 2.75) is 21.2 Å². The smallest absolute Gasteiger partial charge is 0.167 e. The van der Waals surface area contributed by atoms with Gasteiger partial charge in [-0.15, -0.1) is 23.2 Å². The molecule has 0 N–H and O–H groups in total. The SMILES string of the molecule is ClC(Cl)CC(Cl)(Cl)Cl.FC(F)(F)/C=C/Cl. The number of allylic oxidation sites excluding steroid dienone is 1.